The van der Waals surface area contributed by atoms with Crippen molar-refractivity contribution in [2.75, 3.05) is 18.4 Å². The Kier molecular flexibility index (Phi) is 7.26. The van der Waals surface area contributed by atoms with Crippen molar-refractivity contribution in [3.63, 3.8) is 0 Å². The number of aliphatic hydroxyl groups is 1. The minimum Gasteiger partial charge on any atom is -0.502 e. The van der Waals surface area contributed by atoms with E-state index in [0.717, 1.165) is 5.56 Å². The summed E-state index contributed by atoms with van der Waals surface area (Å²) in [5.41, 5.74) is -1.02. The Balaban J connectivity index is 1.80. The van der Waals surface area contributed by atoms with E-state index in [9.17, 15) is 19.8 Å². The number of hydrogen-bond acceptors (Lipinski definition) is 9. The quantitative estimate of drug-likeness (QED) is 0.425. The molecule has 3 heterocycles. The van der Waals surface area contributed by atoms with Crippen molar-refractivity contribution in [1.82, 2.24) is 19.6 Å². The van der Waals surface area contributed by atoms with Gasteiger partial charge in [-0.1, -0.05) is 35.5 Å². The number of hydrogen-bond donors (Lipinski definition) is 3. The number of carbonyl (C=O) groups is 1. The maximum atomic E-state index is 13.2. The van der Waals surface area contributed by atoms with Gasteiger partial charge in [-0.05, 0) is 45.6 Å². The number of ether oxygens (including phenoxy) is 1. The lowest BCUT2D eigenvalue weighted by molar-refractivity contribution is 0.0122. The molecule has 0 aliphatic carbocycles. The average Bonchev–Trinajstić information content (AvgIpc) is 3.35. The monoisotopic (exact) mass is 511 g/mol. The predicted molar refractivity (Wildman–Crippen MR) is 135 cm³/mol. The van der Waals surface area contributed by atoms with Gasteiger partial charge in [0.1, 0.15) is 23.4 Å². The lowest BCUT2D eigenvalue weighted by atomic mass is 9.74. The number of piperidine rings is 1. The van der Waals surface area contributed by atoms with E-state index in [0.29, 0.717) is 37.3 Å². The highest BCUT2D eigenvalue weighted by atomic mass is 16.6. The first-order chi connectivity index (χ1) is 17.5. The standard InChI is InChI=1S/C26H33N5O6/c1-25(2,3)37-24(35)31-12-8-11-26(16-31,13-17-9-6-5-7-10-17)23-29-19(20(32)22(34)30(23)4)21(33)28-18-14-27-36-15-18/h5-7,9-10,14-15,21,28,32-33H,8,11-13,16H2,1-4H3. The van der Waals surface area contributed by atoms with Gasteiger partial charge < -0.3 is 29.7 Å². The molecule has 11 heteroatoms. The van der Waals surface area contributed by atoms with Crippen molar-refractivity contribution in [3.05, 3.63) is 70.2 Å². The first-order valence-corrected chi connectivity index (χ1v) is 12.2. The normalized spacial score (nSPS) is 18.9. The molecule has 4 rings (SSSR count). The van der Waals surface area contributed by atoms with Crippen molar-refractivity contribution < 1.29 is 24.3 Å². The van der Waals surface area contributed by atoms with Crippen LogP contribution in [0.15, 0.2) is 52.1 Å². The van der Waals surface area contributed by atoms with Crippen LogP contribution in [0.1, 0.15) is 56.9 Å². The summed E-state index contributed by atoms with van der Waals surface area (Å²) < 4.78 is 11.7. The van der Waals surface area contributed by atoms with Crippen LogP contribution in [-0.2, 0) is 23.6 Å². The Hall–Kier alpha value is -3.86. The Morgan fingerprint density at radius 2 is 2.03 bits per heavy atom. The van der Waals surface area contributed by atoms with Gasteiger partial charge in [0.25, 0.3) is 5.56 Å². The predicted octanol–water partition coefficient (Wildman–Crippen LogP) is 3.09. The minimum atomic E-state index is -1.51. The summed E-state index contributed by atoms with van der Waals surface area (Å²) in [6, 6.07) is 9.74. The number of nitrogens with zero attached hydrogens (tertiary/aromatic N) is 4. The second-order valence-corrected chi connectivity index (χ2v) is 10.4. The van der Waals surface area contributed by atoms with Gasteiger partial charge in [-0.2, -0.15) is 0 Å². The first-order valence-electron chi connectivity index (χ1n) is 12.2. The van der Waals surface area contributed by atoms with Crippen LogP contribution in [0.2, 0.25) is 0 Å². The molecule has 198 valence electrons. The third-order valence-corrected chi connectivity index (χ3v) is 6.38. The number of benzene rings is 1. The average molecular weight is 512 g/mol. The van der Waals surface area contributed by atoms with E-state index >= 15 is 0 Å². The largest absolute Gasteiger partial charge is 0.502 e. The number of carbonyl (C=O) groups excluding carboxylic acids is 1. The van der Waals surface area contributed by atoms with Crippen LogP contribution in [0.4, 0.5) is 10.5 Å². The van der Waals surface area contributed by atoms with Gasteiger partial charge in [0.15, 0.2) is 6.23 Å². The molecule has 1 amide bonds. The molecule has 2 aromatic heterocycles. The van der Waals surface area contributed by atoms with Gasteiger partial charge in [-0.15, -0.1) is 0 Å². The Labute approximate surface area is 214 Å². The number of aliphatic hydroxyl groups excluding tert-OH is 1. The number of amides is 1. The number of aromatic nitrogens is 3. The second-order valence-electron chi connectivity index (χ2n) is 10.4. The van der Waals surface area contributed by atoms with Crippen molar-refractivity contribution >= 4 is 11.8 Å². The van der Waals surface area contributed by atoms with E-state index in [4.69, 9.17) is 9.26 Å². The van der Waals surface area contributed by atoms with E-state index in [1.54, 1.807) is 4.90 Å². The molecule has 1 aliphatic heterocycles. The molecular weight excluding hydrogens is 478 g/mol. The van der Waals surface area contributed by atoms with Gasteiger partial charge in [-0.3, -0.25) is 9.36 Å². The third-order valence-electron chi connectivity index (χ3n) is 6.38. The number of nitrogens with one attached hydrogen (secondary N) is 1. The summed E-state index contributed by atoms with van der Waals surface area (Å²) in [5.74, 6) is -0.314. The van der Waals surface area contributed by atoms with Crippen molar-refractivity contribution in [2.24, 2.45) is 7.05 Å². The van der Waals surface area contributed by atoms with Gasteiger partial charge in [-0.25, -0.2) is 9.78 Å². The van der Waals surface area contributed by atoms with Crippen molar-refractivity contribution in [1.29, 1.82) is 0 Å². The number of rotatable bonds is 6. The molecule has 2 atom stereocenters. The van der Waals surface area contributed by atoms with Crippen LogP contribution in [0.25, 0.3) is 0 Å². The molecule has 3 aromatic rings. The summed E-state index contributed by atoms with van der Waals surface area (Å²) in [4.78, 5) is 32.5. The van der Waals surface area contributed by atoms with E-state index in [1.807, 2.05) is 51.1 Å². The molecule has 1 saturated heterocycles. The maximum Gasteiger partial charge on any atom is 0.410 e. The summed E-state index contributed by atoms with van der Waals surface area (Å²) in [5, 5.41) is 27.7. The number of anilines is 1. The smallest absolute Gasteiger partial charge is 0.410 e. The number of likely N-dealkylation sites (tertiary alicyclic amines) is 1. The summed E-state index contributed by atoms with van der Waals surface area (Å²) >= 11 is 0. The zero-order chi connectivity index (χ0) is 26.8. The van der Waals surface area contributed by atoms with Crippen LogP contribution in [0.3, 0.4) is 0 Å². The fourth-order valence-electron chi connectivity index (χ4n) is 4.78. The Morgan fingerprint density at radius 1 is 1.30 bits per heavy atom. The molecule has 1 aliphatic rings. The van der Waals surface area contributed by atoms with E-state index in [1.165, 1.54) is 24.1 Å². The summed E-state index contributed by atoms with van der Waals surface area (Å²) in [6.45, 7) is 6.19. The minimum absolute atomic E-state index is 0.221. The van der Waals surface area contributed by atoms with Crippen molar-refractivity contribution in [2.45, 2.75) is 57.3 Å². The molecule has 1 aromatic carbocycles. The highest BCUT2D eigenvalue weighted by Gasteiger charge is 2.43. The fraction of sp³-hybridized carbons (Fsp3) is 0.462. The van der Waals surface area contributed by atoms with E-state index in [2.05, 4.69) is 15.5 Å². The zero-order valence-electron chi connectivity index (χ0n) is 21.5. The second kappa shape index (κ2) is 10.3. The van der Waals surface area contributed by atoms with E-state index < -0.39 is 34.6 Å². The summed E-state index contributed by atoms with van der Waals surface area (Å²) in [6.07, 6.45) is 2.43. The zero-order valence-corrected chi connectivity index (χ0v) is 21.5. The highest BCUT2D eigenvalue weighted by molar-refractivity contribution is 5.68. The third kappa shape index (κ3) is 5.77. The van der Waals surface area contributed by atoms with Crippen molar-refractivity contribution in [3.8, 4) is 5.75 Å². The van der Waals surface area contributed by atoms with Gasteiger partial charge in [0.2, 0.25) is 5.75 Å². The first kappa shape index (κ1) is 26.2. The molecule has 0 spiro atoms. The maximum absolute atomic E-state index is 13.2. The Bertz CT molecular complexity index is 1290. The summed E-state index contributed by atoms with van der Waals surface area (Å²) in [7, 11) is 1.53. The fourth-order valence-corrected chi connectivity index (χ4v) is 4.78. The molecular formula is C26H33N5O6. The SMILES string of the molecule is Cn1c(C2(Cc3ccccc3)CCCN(C(=O)OC(C)(C)C)C2)nc(C(O)Nc2cnoc2)c(O)c1=O. The van der Waals surface area contributed by atoms with E-state index in [-0.39, 0.29) is 12.2 Å². The van der Waals surface area contributed by atoms with Crippen LogP contribution < -0.4 is 10.9 Å². The van der Waals surface area contributed by atoms with Crippen LogP contribution >= 0.6 is 0 Å². The molecule has 1 fully saturated rings. The molecule has 11 nitrogen and oxygen atoms in total. The topological polar surface area (TPSA) is 143 Å². The molecule has 0 bridgehead atoms. The van der Waals surface area contributed by atoms with Crippen LogP contribution in [-0.4, -0.2) is 54.6 Å². The van der Waals surface area contributed by atoms with Gasteiger partial charge in [0.05, 0.1) is 17.3 Å². The van der Waals surface area contributed by atoms with Gasteiger partial charge in [0, 0.05) is 20.1 Å². The van der Waals surface area contributed by atoms with Crippen LogP contribution in [0, 0.1) is 0 Å². The molecule has 3 N–H and O–H groups in total. The van der Waals surface area contributed by atoms with Gasteiger partial charge >= 0.3 is 6.09 Å². The molecule has 0 saturated carbocycles. The molecule has 0 radical (unpaired) electrons. The number of aromatic hydroxyl groups is 1. The molecule has 2 unspecified atom stereocenters. The molecule has 37 heavy (non-hydrogen) atoms. The lowest BCUT2D eigenvalue weighted by Crippen LogP contribution is -2.53. The van der Waals surface area contributed by atoms with Crippen LogP contribution in [0.5, 0.6) is 5.75 Å². The lowest BCUT2D eigenvalue weighted by Gasteiger charge is -2.43. The Morgan fingerprint density at radius 3 is 2.68 bits per heavy atom. The highest BCUT2D eigenvalue weighted by Crippen LogP contribution is 2.38.